The number of amides is 2. The maximum absolute atomic E-state index is 12.1. The van der Waals surface area contributed by atoms with Crippen molar-refractivity contribution in [2.45, 2.75) is 25.9 Å². The van der Waals surface area contributed by atoms with Crippen LogP contribution in [0.4, 0.5) is 5.69 Å². The average molecular weight is 387 g/mol. The second-order valence-electron chi connectivity index (χ2n) is 5.78. The molecule has 1 fully saturated rings. The zero-order valence-electron chi connectivity index (χ0n) is 14.4. The molecule has 0 radical (unpaired) electrons. The molecule has 0 saturated carbocycles. The normalized spacial score (nSPS) is 16.5. The first kappa shape index (κ1) is 19.9. The van der Waals surface area contributed by atoms with E-state index in [1.807, 2.05) is 6.92 Å². The van der Waals surface area contributed by atoms with E-state index in [1.165, 1.54) is 18.9 Å². The third-order valence-electron chi connectivity index (χ3n) is 3.77. The summed E-state index contributed by atoms with van der Waals surface area (Å²) < 4.78 is 10.7. The van der Waals surface area contributed by atoms with E-state index in [1.54, 1.807) is 12.1 Å². The summed E-state index contributed by atoms with van der Waals surface area (Å²) in [7, 11) is 1.52. The minimum atomic E-state index is -0.197. The van der Waals surface area contributed by atoms with Crippen molar-refractivity contribution in [2.75, 3.05) is 37.1 Å². The topological polar surface area (TPSA) is 76.7 Å². The van der Waals surface area contributed by atoms with Crippen LogP contribution in [0.5, 0.6) is 5.75 Å². The highest BCUT2D eigenvalue weighted by Crippen LogP contribution is 2.31. The molecule has 138 valence electrons. The summed E-state index contributed by atoms with van der Waals surface area (Å²) in [4.78, 5) is 23.8. The smallest absolute Gasteiger partial charge is 0.234 e. The molecule has 0 bridgehead atoms. The first-order chi connectivity index (χ1) is 12.0. The van der Waals surface area contributed by atoms with Gasteiger partial charge in [-0.1, -0.05) is 11.6 Å². The molecular formula is C17H23ClN2O4S. The monoisotopic (exact) mass is 386 g/mol. The SMILES string of the molecule is COc1cc(Cl)c(C)cc1NC(=O)CSCC(=O)NCC1CCCO1. The minimum absolute atomic E-state index is 0.0896. The van der Waals surface area contributed by atoms with E-state index in [2.05, 4.69) is 10.6 Å². The summed E-state index contributed by atoms with van der Waals surface area (Å²) in [6.45, 7) is 3.15. The van der Waals surface area contributed by atoms with Gasteiger partial charge in [-0.2, -0.15) is 0 Å². The third kappa shape index (κ3) is 6.41. The number of carbonyl (C=O) groups excluding carboxylic acids is 2. The van der Waals surface area contributed by atoms with Crippen molar-refractivity contribution in [1.29, 1.82) is 0 Å². The highest BCUT2D eigenvalue weighted by Gasteiger charge is 2.16. The van der Waals surface area contributed by atoms with Crippen LogP contribution in [-0.2, 0) is 14.3 Å². The molecule has 0 aliphatic carbocycles. The molecule has 2 N–H and O–H groups in total. The van der Waals surface area contributed by atoms with Crippen molar-refractivity contribution in [1.82, 2.24) is 5.32 Å². The molecule has 1 aromatic rings. The summed E-state index contributed by atoms with van der Waals surface area (Å²) in [5, 5.41) is 6.19. The molecule has 1 aromatic carbocycles. The number of hydrogen-bond acceptors (Lipinski definition) is 5. The fourth-order valence-electron chi connectivity index (χ4n) is 2.44. The van der Waals surface area contributed by atoms with E-state index >= 15 is 0 Å². The van der Waals surface area contributed by atoms with Crippen molar-refractivity contribution >= 4 is 40.9 Å². The Morgan fingerprint density at radius 1 is 1.36 bits per heavy atom. The Kier molecular flexibility index (Phi) is 7.87. The van der Waals surface area contributed by atoms with Crippen LogP contribution in [0, 0.1) is 6.92 Å². The lowest BCUT2D eigenvalue weighted by Gasteiger charge is -2.12. The maximum Gasteiger partial charge on any atom is 0.234 e. The number of thioether (sulfide) groups is 1. The van der Waals surface area contributed by atoms with Crippen LogP contribution < -0.4 is 15.4 Å². The van der Waals surface area contributed by atoms with Gasteiger partial charge in [0.15, 0.2) is 0 Å². The number of methoxy groups -OCH3 is 1. The van der Waals surface area contributed by atoms with Crippen LogP contribution in [0.2, 0.25) is 5.02 Å². The van der Waals surface area contributed by atoms with Crippen LogP contribution in [0.25, 0.3) is 0 Å². The lowest BCUT2D eigenvalue weighted by atomic mass is 10.2. The van der Waals surface area contributed by atoms with Gasteiger partial charge in [0.25, 0.3) is 0 Å². The van der Waals surface area contributed by atoms with Crippen LogP contribution in [-0.4, -0.2) is 49.7 Å². The Bertz CT molecular complexity index is 621. The summed E-state index contributed by atoms with van der Waals surface area (Å²) >= 11 is 7.31. The van der Waals surface area contributed by atoms with E-state index in [9.17, 15) is 9.59 Å². The number of anilines is 1. The number of halogens is 1. The van der Waals surface area contributed by atoms with Gasteiger partial charge < -0.3 is 20.1 Å². The van der Waals surface area contributed by atoms with Gasteiger partial charge in [-0.05, 0) is 31.4 Å². The molecule has 1 saturated heterocycles. The molecule has 0 aromatic heterocycles. The molecule has 8 heteroatoms. The predicted molar refractivity (Wildman–Crippen MR) is 101 cm³/mol. The lowest BCUT2D eigenvalue weighted by molar-refractivity contribution is -0.119. The van der Waals surface area contributed by atoms with Crippen LogP contribution in [0.15, 0.2) is 12.1 Å². The molecule has 1 aliphatic heterocycles. The van der Waals surface area contributed by atoms with E-state index < -0.39 is 0 Å². The van der Waals surface area contributed by atoms with Crippen molar-refractivity contribution in [2.24, 2.45) is 0 Å². The number of rotatable bonds is 8. The Labute approximate surface area is 157 Å². The van der Waals surface area contributed by atoms with Crippen LogP contribution in [0.1, 0.15) is 18.4 Å². The van der Waals surface area contributed by atoms with Crippen molar-refractivity contribution in [3.63, 3.8) is 0 Å². The highest BCUT2D eigenvalue weighted by atomic mass is 35.5. The number of nitrogens with one attached hydrogen (secondary N) is 2. The predicted octanol–water partition coefficient (Wildman–Crippen LogP) is 2.62. The zero-order chi connectivity index (χ0) is 18.2. The van der Waals surface area contributed by atoms with E-state index in [0.717, 1.165) is 25.0 Å². The highest BCUT2D eigenvalue weighted by molar-refractivity contribution is 8.00. The maximum atomic E-state index is 12.1. The van der Waals surface area contributed by atoms with Gasteiger partial charge in [0.2, 0.25) is 11.8 Å². The molecule has 2 rings (SSSR count). The second kappa shape index (κ2) is 9.89. The first-order valence-electron chi connectivity index (χ1n) is 8.09. The fourth-order valence-corrected chi connectivity index (χ4v) is 3.24. The molecule has 0 spiro atoms. The number of ether oxygens (including phenoxy) is 2. The average Bonchev–Trinajstić information content (AvgIpc) is 3.09. The van der Waals surface area contributed by atoms with Crippen molar-refractivity contribution in [3.8, 4) is 5.75 Å². The number of carbonyl (C=O) groups is 2. The largest absolute Gasteiger partial charge is 0.495 e. The van der Waals surface area contributed by atoms with Gasteiger partial charge >= 0.3 is 0 Å². The standard InChI is InChI=1S/C17H23ClN2O4S/c1-11-6-14(15(23-2)7-13(11)18)20-17(22)10-25-9-16(21)19-8-12-4-3-5-24-12/h6-7,12H,3-5,8-10H2,1-2H3,(H,19,21)(H,20,22). The van der Waals surface area contributed by atoms with Crippen molar-refractivity contribution in [3.05, 3.63) is 22.7 Å². The van der Waals surface area contributed by atoms with E-state index in [4.69, 9.17) is 21.1 Å². The Morgan fingerprint density at radius 2 is 2.12 bits per heavy atom. The third-order valence-corrected chi connectivity index (χ3v) is 5.11. The first-order valence-corrected chi connectivity index (χ1v) is 9.63. The molecule has 1 unspecified atom stereocenters. The van der Waals surface area contributed by atoms with E-state index in [0.29, 0.717) is 23.0 Å². The van der Waals surface area contributed by atoms with Gasteiger partial charge in [-0.3, -0.25) is 9.59 Å². The van der Waals surface area contributed by atoms with Gasteiger partial charge in [-0.25, -0.2) is 0 Å². The van der Waals surface area contributed by atoms with Gasteiger partial charge in [0, 0.05) is 24.2 Å². The molecule has 1 atom stereocenters. The zero-order valence-corrected chi connectivity index (χ0v) is 16.0. The summed E-state index contributed by atoms with van der Waals surface area (Å²) in [6, 6.07) is 3.43. The molecule has 2 amide bonds. The van der Waals surface area contributed by atoms with Gasteiger partial charge in [0.05, 0.1) is 30.4 Å². The van der Waals surface area contributed by atoms with Crippen LogP contribution in [0.3, 0.4) is 0 Å². The molecule has 1 heterocycles. The Hall–Kier alpha value is -1.44. The van der Waals surface area contributed by atoms with Gasteiger partial charge in [-0.15, -0.1) is 11.8 Å². The summed E-state index contributed by atoms with van der Waals surface area (Å²) in [5.74, 6) is 0.628. The van der Waals surface area contributed by atoms with E-state index in [-0.39, 0.29) is 29.4 Å². The molecule has 1 aliphatic rings. The van der Waals surface area contributed by atoms with Crippen LogP contribution >= 0.6 is 23.4 Å². The second-order valence-corrected chi connectivity index (χ2v) is 7.17. The number of benzene rings is 1. The molecular weight excluding hydrogens is 364 g/mol. The fraction of sp³-hybridized carbons (Fsp3) is 0.529. The number of aryl methyl sites for hydroxylation is 1. The number of hydrogen-bond donors (Lipinski definition) is 2. The quantitative estimate of drug-likeness (QED) is 0.718. The molecule has 25 heavy (non-hydrogen) atoms. The minimum Gasteiger partial charge on any atom is -0.495 e. The Balaban J connectivity index is 1.71. The summed E-state index contributed by atoms with van der Waals surface area (Å²) in [6.07, 6.45) is 2.15. The molecule has 6 nitrogen and oxygen atoms in total. The summed E-state index contributed by atoms with van der Waals surface area (Å²) in [5.41, 5.74) is 1.41. The van der Waals surface area contributed by atoms with Gasteiger partial charge in [0.1, 0.15) is 5.75 Å². The van der Waals surface area contributed by atoms with Crippen molar-refractivity contribution < 1.29 is 19.1 Å². The lowest BCUT2D eigenvalue weighted by Crippen LogP contribution is -2.33. The Morgan fingerprint density at radius 3 is 2.80 bits per heavy atom.